The molecule has 0 atom stereocenters. The third kappa shape index (κ3) is 7.59. The van der Waals surface area contributed by atoms with Gasteiger partial charge in [-0.15, -0.1) is 0 Å². The third-order valence-electron chi connectivity index (χ3n) is 5.96. The first kappa shape index (κ1) is 30.0. The number of aromatic amines is 1. The molecule has 7 N–H and O–H groups in total. The van der Waals surface area contributed by atoms with Crippen LogP contribution in [0.15, 0.2) is 54.7 Å². The van der Waals surface area contributed by atoms with Crippen molar-refractivity contribution in [3.63, 3.8) is 0 Å². The van der Waals surface area contributed by atoms with Crippen LogP contribution in [0.1, 0.15) is 47.8 Å². The first-order valence-electron chi connectivity index (χ1n) is 13.2. The van der Waals surface area contributed by atoms with E-state index in [0.29, 0.717) is 51.9 Å². The fourth-order valence-electron chi connectivity index (χ4n) is 4.17. The molecule has 11 heteroatoms. The van der Waals surface area contributed by atoms with E-state index in [1.54, 1.807) is 18.2 Å². The van der Waals surface area contributed by atoms with Crippen molar-refractivity contribution in [3.05, 3.63) is 82.0 Å². The Hall–Kier alpha value is -5.01. The van der Waals surface area contributed by atoms with Gasteiger partial charge in [0.1, 0.15) is 5.60 Å². The van der Waals surface area contributed by atoms with E-state index in [2.05, 4.69) is 37.4 Å². The van der Waals surface area contributed by atoms with Gasteiger partial charge in [0.25, 0.3) is 5.91 Å². The van der Waals surface area contributed by atoms with Gasteiger partial charge >= 0.3 is 6.09 Å². The number of carbonyl (C=O) groups is 2. The zero-order valence-corrected chi connectivity index (χ0v) is 24.5. The second-order valence-corrected chi connectivity index (χ2v) is 10.9. The molecule has 0 aliphatic carbocycles. The van der Waals surface area contributed by atoms with E-state index in [4.69, 9.17) is 27.8 Å². The Morgan fingerprint density at radius 1 is 1.07 bits per heavy atom. The summed E-state index contributed by atoms with van der Waals surface area (Å²) < 4.78 is 5.25. The van der Waals surface area contributed by atoms with Gasteiger partial charge in [0.15, 0.2) is 0 Å². The van der Waals surface area contributed by atoms with Gasteiger partial charge in [-0.2, -0.15) is 0 Å². The third-order valence-corrected chi connectivity index (χ3v) is 6.20. The van der Waals surface area contributed by atoms with Crippen LogP contribution in [-0.2, 0) is 4.74 Å². The molecule has 0 bridgehead atoms. The van der Waals surface area contributed by atoms with Gasteiger partial charge < -0.3 is 31.8 Å². The molecule has 10 nitrogen and oxygen atoms in total. The molecule has 42 heavy (non-hydrogen) atoms. The van der Waals surface area contributed by atoms with Gasteiger partial charge in [0.05, 0.1) is 28.2 Å². The van der Waals surface area contributed by atoms with Crippen molar-refractivity contribution in [1.82, 2.24) is 20.3 Å². The number of nitrogen functional groups attached to an aromatic ring is 1. The lowest BCUT2D eigenvalue weighted by atomic mass is 9.99. The monoisotopic (exact) mass is 585 g/mol. The second-order valence-electron chi connectivity index (χ2n) is 10.4. The van der Waals surface area contributed by atoms with Gasteiger partial charge in [-0.1, -0.05) is 35.6 Å². The zero-order chi connectivity index (χ0) is 30.4. The van der Waals surface area contributed by atoms with Crippen LogP contribution in [0.4, 0.5) is 16.4 Å². The van der Waals surface area contributed by atoms with E-state index in [9.17, 15) is 9.59 Å². The minimum Gasteiger partial charge on any atom is -0.444 e. The summed E-state index contributed by atoms with van der Waals surface area (Å²) in [6.07, 6.45) is 1.05. The van der Waals surface area contributed by atoms with Crippen molar-refractivity contribution in [1.29, 1.82) is 0 Å². The Balaban J connectivity index is 1.67. The molecule has 0 saturated heterocycles. The number of aromatic nitrogens is 3. The Labute approximate surface area is 249 Å². The number of nitrogens with zero attached hydrogens (tertiary/aromatic N) is 2. The van der Waals surface area contributed by atoms with Crippen LogP contribution in [-0.4, -0.2) is 45.6 Å². The number of aryl methyl sites for hydroxylation is 1. The van der Waals surface area contributed by atoms with Gasteiger partial charge in [-0.3, -0.25) is 4.79 Å². The summed E-state index contributed by atoms with van der Waals surface area (Å²) in [7, 11) is 0. The summed E-state index contributed by atoms with van der Waals surface area (Å²) in [5.74, 6) is 5.68. The first-order chi connectivity index (χ1) is 19.9. The average Bonchev–Trinajstić information content (AvgIpc) is 3.30. The Morgan fingerprint density at radius 3 is 2.57 bits per heavy atom. The number of halogens is 1. The van der Waals surface area contributed by atoms with Gasteiger partial charge in [0.2, 0.25) is 5.95 Å². The predicted octanol–water partition coefficient (Wildman–Crippen LogP) is 5.12. The number of primary amides is 1. The molecule has 0 aliphatic rings. The normalized spacial score (nSPS) is 10.9. The van der Waals surface area contributed by atoms with E-state index >= 15 is 0 Å². The number of benzene rings is 2. The topological polar surface area (TPSA) is 161 Å². The fraction of sp³-hybridized carbons (Fsp3) is 0.226. The molecule has 0 fully saturated rings. The highest BCUT2D eigenvalue weighted by molar-refractivity contribution is 6.31. The van der Waals surface area contributed by atoms with Gasteiger partial charge in [0, 0.05) is 41.1 Å². The number of rotatable bonds is 7. The number of H-pyrrole nitrogens is 1. The lowest BCUT2D eigenvalue weighted by molar-refractivity contribution is 0.0530. The first-order valence-corrected chi connectivity index (χ1v) is 13.5. The largest absolute Gasteiger partial charge is 0.444 e. The van der Waals surface area contributed by atoms with Crippen LogP contribution < -0.4 is 22.1 Å². The minimum atomic E-state index is -0.661. The molecule has 2 amide bonds. The minimum absolute atomic E-state index is 0.0713. The smallest absolute Gasteiger partial charge is 0.407 e. The molecule has 0 radical (unpaired) electrons. The number of anilines is 2. The van der Waals surface area contributed by atoms with Crippen molar-refractivity contribution < 1.29 is 14.3 Å². The van der Waals surface area contributed by atoms with E-state index in [1.165, 1.54) is 6.20 Å². The molecule has 2 aromatic heterocycles. The Kier molecular flexibility index (Phi) is 9.03. The SMILES string of the molecule is Cc1ccc(Cl)cc1-c1[nH]c(-c2ccnc(N)n2)c(C#Cc2cccc(NCCNC(=O)OC(C)(C)C)c2)c1C(N)=O. The molecule has 216 valence electrons. The van der Waals surface area contributed by atoms with Crippen LogP contribution in [0.25, 0.3) is 22.6 Å². The van der Waals surface area contributed by atoms with Gasteiger partial charge in [-0.05, 0) is 69.7 Å². The van der Waals surface area contributed by atoms with Crippen LogP contribution in [0.2, 0.25) is 5.02 Å². The van der Waals surface area contributed by atoms with Crippen LogP contribution in [0, 0.1) is 18.8 Å². The highest BCUT2D eigenvalue weighted by Crippen LogP contribution is 2.35. The summed E-state index contributed by atoms with van der Waals surface area (Å²) in [5.41, 5.74) is 16.3. The Morgan fingerprint density at radius 2 is 1.86 bits per heavy atom. The number of amides is 2. The Bertz CT molecular complexity index is 1700. The van der Waals surface area contributed by atoms with Crippen LogP contribution >= 0.6 is 11.6 Å². The standard InChI is InChI=1S/C31H32ClN7O3/c1-18-8-10-20(32)17-23(18)27-25(28(33)40)22(26(39-27)24-12-13-36-29(34)38-24)11-9-19-6-5-7-21(16-19)35-14-15-37-30(41)42-31(2,3)4/h5-8,10,12-13,16-17,35,39H,14-15H2,1-4H3,(H2,33,40)(H,37,41)(H2,34,36,38). The fourth-order valence-corrected chi connectivity index (χ4v) is 4.34. The molecular weight excluding hydrogens is 554 g/mol. The zero-order valence-electron chi connectivity index (χ0n) is 23.8. The van der Waals surface area contributed by atoms with Crippen LogP contribution in [0.3, 0.4) is 0 Å². The molecule has 2 aromatic carbocycles. The molecule has 2 heterocycles. The summed E-state index contributed by atoms with van der Waals surface area (Å²) in [6, 6.07) is 14.5. The molecule has 0 unspecified atom stereocenters. The van der Waals surface area contributed by atoms with E-state index in [0.717, 1.165) is 11.3 Å². The van der Waals surface area contributed by atoms with E-state index in [1.807, 2.05) is 58.0 Å². The summed E-state index contributed by atoms with van der Waals surface area (Å²) in [6.45, 7) is 8.17. The maximum absolute atomic E-state index is 12.9. The molecule has 4 aromatic rings. The molecule has 0 spiro atoms. The summed E-state index contributed by atoms with van der Waals surface area (Å²) in [5, 5.41) is 6.47. The molecule has 0 aliphatic heterocycles. The quantitative estimate of drug-likeness (QED) is 0.148. The van der Waals surface area contributed by atoms with Crippen molar-refractivity contribution in [3.8, 4) is 34.5 Å². The number of carbonyl (C=O) groups excluding carboxylic acids is 2. The van der Waals surface area contributed by atoms with Crippen LogP contribution in [0.5, 0.6) is 0 Å². The lowest BCUT2D eigenvalue weighted by Crippen LogP contribution is -2.34. The molecule has 4 rings (SSSR count). The van der Waals surface area contributed by atoms with E-state index < -0.39 is 17.6 Å². The lowest BCUT2D eigenvalue weighted by Gasteiger charge is -2.19. The highest BCUT2D eigenvalue weighted by atomic mass is 35.5. The number of ether oxygens (including phenoxy) is 1. The molecular formula is C31H32ClN7O3. The average molecular weight is 586 g/mol. The number of nitrogens with two attached hydrogens (primary N) is 2. The number of alkyl carbamates (subject to hydrolysis) is 1. The number of hydrogen-bond acceptors (Lipinski definition) is 7. The predicted molar refractivity (Wildman–Crippen MR) is 165 cm³/mol. The maximum Gasteiger partial charge on any atom is 0.407 e. The van der Waals surface area contributed by atoms with Crippen molar-refractivity contribution in [2.75, 3.05) is 24.1 Å². The highest BCUT2D eigenvalue weighted by Gasteiger charge is 2.24. The maximum atomic E-state index is 12.9. The molecule has 0 saturated carbocycles. The summed E-state index contributed by atoms with van der Waals surface area (Å²) in [4.78, 5) is 36.3. The van der Waals surface area contributed by atoms with Crippen molar-refractivity contribution in [2.24, 2.45) is 5.73 Å². The second kappa shape index (κ2) is 12.7. The van der Waals surface area contributed by atoms with Crippen molar-refractivity contribution in [2.45, 2.75) is 33.3 Å². The number of hydrogen-bond donors (Lipinski definition) is 5. The van der Waals surface area contributed by atoms with Gasteiger partial charge in [-0.25, -0.2) is 14.8 Å². The van der Waals surface area contributed by atoms with Crippen molar-refractivity contribution >= 4 is 35.2 Å². The van der Waals surface area contributed by atoms with E-state index in [-0.39, 0.29) is 11.5 Å². The number of nitrogens with one attached hydrogen (secondary N) is 3. The summed E-state index contributed by atoms with van der Waals surface area (Å²) >= 11 is 6.30.